The molecule has 3 heterocycles. The molecule has 0 radical (unpaired) electrons. The van der Waals surface area contributed by atoms with Crippen molar-refractivity contribution >= 4 is 10.9 Å². The normalized spacial score (nSPS) is 18.9. The monoisotopic (exact) mass is 478 g/mol. The van der Waals surface area contributed by atoms with Gasteiger partial charge in [0.2, 0.25) is 0 Å². The maximum Gasteiger partial charge on any atom is 0.401 e. The van der Waals surface area contributed by atoms with Crippen LogP contribution in [0.2, 0.25) is 0 Å². The number of halogens is 4. The number of nitrogens with zero attached hydrogens (tertiary/aromatic N) is 2. The van der Waals surface area contributed by atoms with Gasteiger partial charge in [0.15, 0.2) is 0 Å². The first-order valence-electron chi connectivity index (χ1n) is 11.6. The van der Waals surface area contributed by atoms with Gasteiger partial charge in [-0.25, -0.2) is 0 Å². The van der Waals surface area contributed by atoms with Crippen molar-refractivity contribution in [3.05, 3.63) is 59.0 Å². The smallest absolute Gasteiger partial charge is 0.401 e. The number of H-pyrrole nitrogens is 1. The van der Waals surface area contributed by atoms with E-state index in [4.69, 9.17) is 4.74 Å². The summed E-state index contributed by atoms with van der Waals surface area (Å²) in [5.41, 5.74) is 4.08. The molecule has 1 aliphatic rings. The number of alkyl halides is 4. The van der Waals surface area contributed by atoms with Crippen molar-refractivity contribution in [2.45, 2.75) is 44.9 Å². The van der Waals surface area contributed by atoms with Crippen LogP contribution in [-0.4, -0.2) is 60.0 Å². The van der Waals surface area contributed by atoms with Crippen LogP contribution in [0.3, 0.4) is 0 Å². The summed E-state index contributed by atoms with van der Waals surface area (Å²) in [4.78, 5) is 9.35. The maximum absolute atomic E-state index is 13.6. The van der Waals surface area contributed by atoms with Crippen molar-refractivity contribution in [3.8, 4) is 5.75 Å². The van der Waals surface area contributed by atoms with E-state index in [0.29, 0.717) is 49.5 Å². The predicted molar refractivity (Wildman–Crippen MR) is 124 cm³/mol. The van der Waals surface area contributed by atoms with Crippen molar-refractivity contribution in [2.75, 3.05) is 32.9 Å². The van der Waals surface area contributed by atoms with E-state index in [-0.39, 0.29) is 12.7 Å². The average molecular weight is 479 g/mol. The van der Waals surface area contributed by atoms with Crippen molar-refractivity contribution in [1.82, 2.24) is 20.2 Å². The molecule has 4 rings (SSSR count). The first-order valence-corrected chi connectivity index (χ1v) is 11.6. The van der Waals surface area contributed by atoms with Crippen LogP contribution in [0, 0.1) is 6.92 Å². The van der Waals surface area contributed by atoms with E-state index in [0.717, 1.165) is 22.2 Å². The van der Waals surface area contributed by atoms with Gasteiger partial charge in [-0.15, -0.1) is 0 Å². The zero-order valence-electron chi connectivity index (χ0n) is 19.4. The lowest BCUT2D eigenvalue weighted by Gasteiger charge is -2.41. The minimum Gasteiger partial charge on any atom is -0.491 e. The van der Waals surface area contributed by atoms with Gasteiger partial charge in [-0.1, -0.05) is 18.2 Å². The van der Waals surface area contributed by atoms with Crippen LogP contribution in [0.4, 0.5) is 17.6 Å². The Balaban J connectivity index is 1.69. The summed E-state index contributed by atoms with van der Waals surface area (Å²) in [7, 11) is 0. The molecule has 0 aliphatic carbocycles. The molecule has 1 aliphatic heterocycles. The maximum atomic E-state index is 13.6. The van der Waals surface area contributed by atoms with Gasteiger partial charge in [-0.2, -0.15) is 13.2 Å². The highest BCUT2D eigenvalue weighted by Crippen LogP contribution is 2.43. The number of rotatable bonds is 9. The largest absolute Gasteiger partial charge is 0.491 e. The molecule has 2 atom stereocenters. The lowest BCUT2D eigenvalue weighted by Crippen LogP contribution is -2.47. The number of benzene rings is 1. The Labute approximate surface area is 196 Å². The highest BCUT2D eigenvalue weighted by Gasteiger charge is 2.42. The van der Waals surface area contributed by atoms with Gasteiger partial charge in [0, 0.05) is 40.4 Å². The first kappa shape index (κ1) is 24.5. The molecule has 0 saturated carbocycles. The van der Waals surface area contributed by atoms with Crippen LogP contribution in [0.5, 0.6) is 5.75 Å². The van der Waals surface area contributed by atoms with E-state index < -0.39 is 18.8 Å². The number of hydrogen-bond acceptors (Lipinski definition) is 4. The predicted octanol–water partition coefficient (Wildman–Crippen LogP) is 5.10. The third-order valence-electron chi connectivity index (χ3n) is 6.31. The van der Waals surface area contributed by atoms with E-state index in [1.54, 1.807) is 12.3 Å². The van der Waals surface area contributed by atoms with Crippen molar-refractivity contribution < 1.29 is 22.3 Å². The van der Waals surface area contributed by atoms with Gasteiger partial charge in [-0.3, -0.25) is 14.3 Å². The minimum atomic E-state index is -4.34. The van der Waals surface area contributed by atoms with E-state index in [2.05, 4.69) is 15.3 Å². The molecular formula is C25H30F4N4O. The Bertz CT molecular complexity index is 1110. The average Bonchev–Trinajstić information content (AvgIpc) is 3.15. The number of pyridine rings is 1. The molecule has 34 heavy (non-hydrogen) atoms. The van der Waals surface area contributed by atoms with Gasteiger partial charge >= 0.3 is 6.18 Å². The number of nitrogens with one attached hydrogen (secondary N) is 2. The van der Waals surface area contributed by atoms with Gasteiger partial charge in [-0.05, 0) is 50.9 Å². The molecule has 0 amide bonds. The van der Waals surface area contributed by atoms with Crippen LogP contribution in [0.1, 0.15) is 41.9 Å². The molecule has 0 spiro atoms. The molecule has 0 saturated heterocycles. The molecular weight excluding hydrogens is 448 g/mol. The fourth-order valence-electron chi connectivity index (χ4n) is 4.74. The third kappa shape index (κ3) is 5.36. The summed E-state index contributed by atoms with van der Waals surface area (Å²) in [5, 5.41) is 4.13. The molecule has 9 heteroatoms. The molecule has 2 aromatic heterocycles. The number of fused-ring (bicyclic) bond motifs is 3. The van der Waals surface area contributed by atoms with Crippen molar-refractivity contribution in [1.29, 1.82) is 0 Å². The second-order valence-corrected chi connectivity index (χ2v) is 8.79. The van der Waals surface area contributed by atoms with Gasteiger partial charge in [0.1, 0.15) is 12.4 Å². The molecule has 1 unspecified atom stereocenters. The first-order chi connectivity index (χ1) is 16.3. The number of hydrogen-bond donors (Lipinski definition) is 2. The molecule has 1 aromatic carbocycles. The molecule has 2 N–H and O–H groups in total. The lowest BCUT2D eigenvalue weighted by molar-refractivity contribution is -0.155. The summed E-state index contributed by atoms with van der Waals surface area (Å²) >= 11 is 0. The Morgan fingerprint density at radius 3 is 2.79 bits per heavy atom. The number of ether oxygens (including phenoxy) is 1. The van der Waals surface area contributed by atoms with E-state index >= 15 is 0 Å². The Morgan fingerprint density at radius 1 is 1.24 bits per heavy atom. The zero-order chi connectivity index (χ0) is 24.3. The topological polar surface area (TPSA) is 53.2 Å². The molecule has 0 fully saturated rings. The van der Waals surface area contributed by atoms with Gasteiger partial charge in [0.25, 0.3) is 0 Å². The Hall–Kier alpha value is -2.65. The van der Waals surface area contributed by atoms with Crippen LogP contribution in [0.15, 0.2) is 36.5 Å². The summed E-state index contributed by atoms with van der Waals surface area (Å²) < 4.78 is 58.9. The van der Waals surface area contributed by atoms with Crippen LogP contribution >= 0.6 is 0 Å². The van der Waals surface area contributed by atoms with E-state index in [9.17, 15) is 17.6 Å². The summed E-state index contributed by atoms with van der Waals surface area (Å²) in [6.07, 6.45) is -1.78. The van der Waals surface area contributed by atoms with Crippen LogP contribution < -0.4 is 10.1 Å². The Kier molecular flexibility index (Phi) is 7.42. The molecule has 3 aromatic rings. The van der Waals surface area contributed by atoms with Gasteiger partial charge in [0.05, 0.1) is 25.5 Å². The van der Waals surface area contributed by atoms with E-state index in [1.807, 2.05) is 38.1 Å². The third-order valence-corrected chi connectivity index (χ3v) is 6.31. The fraction of sp³-hybridized carbons (Fsp3) is 0.480. The standard InChI is InChI=1S/C25H30F4N4O/c1-16-12-21-19-6-3-4-7-22(19)32-23(21)24(33(16)15-25(27,28)29)20-13-18(14-31-17(20)2)34-11-10-30-9-5-8-26/h3-4,6-7,13-14,16,24,30,32H,5,8-12,15H2,1-2H3/t16-,24?/m1/s1. The van der Waals surface area contributed by atoms with Crippen molar-refractivity contribution in [2.24, 2.45) is 0 Å². The van der Waals surface area contributed by atoms with Crippen LogP contribution in [0.25, 0.3) is 10.9 Å². The highest BCUT2D eigenvalue weighted by atomic mass is 19.4. The number of para-hydroxylation sites is 1. The van der Waals surface area contributed by atoms with Crippen LogP contribution in [-0.2, 0) is 6.42 Å². The second kappa shape index (κ2) is 10.3. The second-order valence-electron chi connectivity index (χ2n) is 8.79. The number of aromatic nitrogens is 2. The number of aryl methyl sites for hydroxylation is 1. The molecule has 0 bridgehead atoms. The fourth-order valence-corrected chi connectivity index (χ4v) is 4.74. The Morgan fingerprint density at radius 2 is 2.03 bits per heavy atom. The molecule has 5 nitrogen and oxygen atoms in total. The molecule has 184 valence electrons. The number of aromatic amines is 1. The van der Waals surface area contributed by atoms with E-state index in [1.165, 1.54) is 4.90 Å². The zero-order valence-corrected chi connectivity index (χ0v) is 19.4. The highest BCUT2D eigenvalue weighted by molar-refractivity contribution is 5.85. The summed E-state index contributed by atoms with van der Waals surface area (Å²) in [6.45, 7) is 3.71. The summed E-state index contributed by atoms with van der Waals surface area (Å²) in [6, 6.07) is 8.66. The minimum absolute atomic E-state index is 0.318. The quantitative estimate of drug-likeness (QED) is 0.332. The van der Waals surface area contributed by atoms with Crippen molar-refractivity contribution in [3.63, 3.8) is 0 Å². The SMILES string of the molecule is Cc1ncc(OCCNCCCF)cc1C1c2[nH]c3ccccc3c2C[C@@H](C)N1CC(F)(F)F. The lowest BCUT2D eigenvalue weighted by atomic mass is 9.88. The summed E-state index contributed by atoms with van der Waals surface area (Å²) in [5.74, 6) is 0.496. The van der Waals surface area contributed by atoms with Gasteiger partial charge < -0.3 is 15.0 Å².